The smallest absolute Gasteiger partial charge is 0.223 e. The third-order valence-electron chi connectivity index (χ3n) is 5.14. The van der Waals surface area contributed by atoms with Crippen LogP contribution >= 0.6 is 12.4 Å². The van der Waals surface area contributed by atoms with E-state index in [0.29, 0.717) is 13.2 Å². The fraction of sp³-hybridized carbons (Fsp3) is 0.750. The normalized spacial score (nSPS) is 22.7. The van der Waals surface area contributed by atoms with E-state index in [-0.39, 0.29) is 29.6 Å². The molecule has 7 heteroatoms. The van der Waals surface area contributed by atoms with Gasteiger partial charge in [-0.05, 0) is 44.3 Å². The first kappa shape index (κ1) is 18.2. The Balaban J connectivity index is 0.00000192. The zero-order chi connectivity index (χ0) is 15.4. The Bertz CT molecular complexity index is 508. The third kappa shape index (κ3) is 4.25. The SMILES string of the molecule is COCC1(CNC(=O)C2CCc3cn[nH]c3C2)CCNCC1.Cl. The van der Waals surface area contributed by atoms with Crippen molar-refractivity contribution in [3.8, 4) is 0 Å². The lowest BCUT2D eigenvalue weighted by molar-refractivity contribution is -0.126. The number of halogens is 1. The molecule has 0 spiro atoms. The van der Waals surface area contributed by atoms with Crippen molar-refractivity contribution in [2.45, 2.75) is 32.1 Å². The number of nitrogens with zero attached hydrogens (tertiary/aromatic N) is 1. The van der Waals surface area contributed by atoms with Gasteiger partial charge < -0.3 is 15.4 Å². The Kier molecular flexibility index (Phi) is 6.44. The second-order valence-corrected chi connectivity index (χ2v) is 6.71. The second-order valence-electron chi connectivity index (χ2n) is 6.71. The van der Waals surface area contributed by atoms with E-state index >= 15 is 0 Å². The summed E-state index contributed by atoms with van der Waals surface area (Å²) in [4.78, 5) is 12.5. The summed E-state index contributed by atoms with van der Waals surface area (Å²) in [6, 6.07) is 0. The van der Waals surface area contributed by atoms with Crippen LogP contribution in [0.5, 0.6) is 0 Å². The average molecular weight is 343 g/mol. The number of aryl methyl sites for hydroxylation is 1. The summed E-state index contributed by atoms with van der Waals surface area (Å²) in [6.45, 7) is 3.43. The van der Waals surface area contributed by atoms with Crippen LogP contribution in [0.1, 0.15) is 30.5 Å². The van der Waals surface area contributed by atoms with E-state index in [9.17, 15) is 4.79 Å². The van der Waals surface area contributed by atoms with Crippen molar-refractivity contribution in [2.75, 3.05) is 33.4 Å². The number of aromatic nitrogens is 2. The molecule has 0 saturated carbocycles. The highest BCUT2D eigenvalue weighted by molar-refractivity contribution is 5.85. The van der Waals surface area contributed by atoms with Crippen molar-refractivity contribution in [2.24, 2.45) is 11.3 Å². The number of fused-ring (bicyclic) bond motifs is 1. The van der Waals surface area contributed by atoms with Gasteiger partial charge in [0, 0.05) is 37.1 Å². The largest absolute Gasteiger partial charge is 0.384 e. The van der Waals surface area contributed by atoms with E-state index in [1.165, 1.54) is 5.56 Å². The molecule has 6 nitrogen and oxygen atoms in total. The summed E-state index contributed by atoms with van der Waals surface area (Å²) in [6.07, 6.45) is 6.62. The lowest BCUT2D eigenvalue weighted by Gasteiger charge is -2.37. The molecule has 0 bridgehead atoms. The zero-order valence-electron chi connectivity index (χ0n) is 13.7. The number of carbonyl (C=O) groups is 1. The highest BCUT2D eigenvalue weighted by Gasteiger charge is 2.34. The second kappa shape index (κ2) is 8.13. The van der Waals surface area contributed by atoms with Crippen LogP contribution in [-0.4, -0.2) is 49.5 Å². The minimum absolute atomic E-state index is 0. The molecule has 1 aromatic rings. The van der Waals surface area contributed by atoms with Gasteiger partial charge in [-0.1, -0.05) is 0 Å². The van der Waals surface area contributed by atoms with Gasteiger partial charge in [0.25, 0.3) is 0 Å². The molecule has 0 radical (unpaired) electrons. The standard InChI is InChI=1S/C16H26N4O2.ClH/c1-22-11-16(4-6-17-7-5-16)10-18-15(21)12-2-3-13-9-19-20-14(13)8-12;/h9,12,17H,2-8,10-11H2,1H3,(H,18,21)(H,19,20);1H. The van der Waals surface area contributed by atoms with Gasteiger partial charge in [-0.3, -0.25) is 9.89 Å². The lowest BCUT2D eigenvalue weighted by Crippen LogP contribution is -2.48. The van der Waals surface area contributed by atoms with Gasteiger partial charge in [0.15, 0.2) is 0 Å². The summed E-state index contributed by atoms with van der Waals surface area (Å²) in [5, 5.41) is 13.7. The number of hydrogen-bond donors (Lipinski definition) is 3. The van der Waals surface area contributed by atoms with Crippen LogP contribution in [0.25, 0.3) is 0 Å². The summed E-state index contributed by atoms with van der Waals surface area (Å²) < 4.78 is 5.41. The molecule has 1 amide bonds. The fourth-order valence-electron chi connectivity index (χ4n) is 3.69. The summed E-state index contributed by atoms with van der Waals surface area (Å²) in [5.41, 5.74) is 2.47. The van der Waals surface area contributed by atoms with E-state index in [4.69, 9.17) is 4.74 Å². The van der Waals surface area contributed by atoms with E-state index in [2.05, 4.69) is 20.8 Å². The molecule has 2 heterocycles. The highest BCUT2D eigenvalue weighted by Crippen LogP contribution is 2.29. The zero-order valence-corrected chi connectivity index (χ0v) is 14.5. The molecule has 3 rings (SSSR count). The fourth-order valence-corrected chi connectivity index (χ4v) is 3.69. The van der Waals surface area contributed by atoms with Crippen LogP contribution < -0.4 is 10.6 Å². The van der Waals surface area contributed by atoms with Crippen molar-refractivity contribution >= 4 is 18.3 Å². The Labute approximate surface area is 143 Å². The molecule has 130 valence electrons. The first-order valence-electron chi connectivity index (χ1n) is 8.21. The van der Waals surface area contributed by atoms with Crippen LogP contribution in [0.3, 0.4) is 0 Å². The number of piperidine rings is 1. The van der Waals surface area contributed by atoms with E-state index < -0.39 is 0 Å². The number of H-pyrrole nitrogens is 1. The Morgan fingerprint density at radius 3 is 3.00 bits per heavy atom. The molecule has 1 atom stereocenters. The minimum Gasteiger partial charge on any atom is -0.384 e. The van der Waals surface area contributed by atoms with Gasteiger partial charge in [-0.2, -0.15) is 5.10 Å². The Hall–Kier alpha value is -1.11. The minimum atomic E-state index is 0. The molecular weight excluding hydrogens is 316 g/mol. The van der Waals surface area contributed by atoms with Crippen LogP contribution in [0.15, 0.2) is 6.20 Å². The van der Waals surface area contributed by atoms with Crippen LogP contribution in [0, 0.1) is 11.3 Å². The maximum Gasteiger partial charge on any atom is 0.223 e. The molecule has 1 aliphatic carbocycles. The molecule has 1 aromatic heterocycles. The molecule has 1 fully saturated rings. The lowest BCUT2D eigenvalue weighted by atomic mass is 9.79. The van der Waals surface area contributed by atoms with Crippen molar-refractivity contribution < 1.29 is 9.53 Å². The van der Waals surface area contributed by atoms with Gasteiger partial charge in [0.05, 0.1) is 12.8 Å². The van der Waals surface area contributed by atoms with Crippen molar-refractivity contribution in [3.05, 3.63) is 17.5 Å². The van der Waals surface area contributed by atoms with E-state index in [1.54, 1.807) is 7.11 Å². The molecule has 1 saturated heterocycles. The summed E-state index contributed by atoms with van der Waals surface area (Å²) >= 11 is 0. The predicted molar refractivity (Wildman–Crippen MR) is 90.8 cm³/mol. The van der Waals surface area contributed by atoms with Crippen molar-refractivity contribution in [1.29, 1.82) is 0 Å². The number of nitrogens with one attached hydrogen (secondary N) is 3. The number of ether oxygens (including phenoxy) is 1. The molecule has 23 heavy (non-hydrogen) atoms. The molecule has 2 aliphatic rings. The van der Waals surface area contributed by atoms with Crippen molar-refractivity contribution in [1.82, 2.24) is 20.8 Å². The van der Waals surface area contributed by atoms with Gasteiger partial charge in [-0.25, -0.2) is 0 Å². The van der Waals surface area contributed by atoms with E-state index in [1.807, 2.05) is 6.20 Å². The summed E-state index contributed by atoms with van der Waals surface area (Å²) in [7, 11) is 1.74. The number of aromatic amines is 1. The number of rotatable bonds is 5. The average Bonchev–Trinajstić information content (AvgIpc) is 3.01. The maximum absolute atomic E-state index is 12.5. The first-order chi connectivity index (χ1) is 10.7. The van der Waals surface area contributed by atoms with Gasteiger partial charge >= 0.3 is 0 Å². The molecule has 3 N–H and O–H groups in total. The molecule has 1 unspecified atom stereocenters. The molecule has 0 aromatic carbocycles. The van der Waals surface area contributed by atoms with Gasteiger partial charge in [0.2, 0.25) is 5.91 Å². The van der Waals surface area contributed by atoms with Crippen LogP contribution in [0.4, 0.5) is 0 Å². The van der Waals surface area contributed by atoms with Crippen molar-refractivity contribution in [3.63, 3.8) is 0 Å². The topological polar surface area (TPSA) is 79.0 Å². The number of amides is 1. The van der Waals surface area contributed by atoms with Gasteiger partial charge in [-0.15, -0.1) is 12.4 Å². The third-order valence-corrected chi connectivity index (χ3v) is 5.14. The van der Waals surface area contributed by atoms with E-state index in [0.717, 1.165) is 50.9 Å². The predicted octanol–water partition coefficient (Wildman–Crippen LogP) is 1.07. The number of hydrogen-bond acceptors (Lipinski definition) is 4. The molecule has 1 aliphatic heterocycles. The highest BCUT2D eigenvalue weighted by atomic mass is 35.5. The summed E-state index contributed by atoms with van der Waals surface area (Å²) in [5.74, 6) is 0.239. The quantitative estimate of drug-likeness (QED) is 0.748. The Morgan fingerprint density at radius 1 is 1.48 bits per heavy atom. The van der Waals surface area contributed by atoms with Gasteiger partial charge in [0.1, 0.15) is 0 Å². The molecular formula is C16H27ClN4O2. The van der Waals surface area contributed by atoms with Crippen LogP contribution in [-0.2, 0) is 22.4 Å². The number of methoxy groups -OCH3 is 1. The monoisotopic (exact) mass is 342 g/mol. The first-order valence-corrected chi connectivity index (χ1v) is 8.21. The number of carbonyl (C=O) groups excluding carboxylic acids is 1. The van der Waals surface area contributed by atoms with Crippen LogP contribution in [0.2, 0.25) is 0 Å². The Morgan fingerprint density at radius 2 is 2.26 bits per heavy atom. The maximum atomic E-state index is 12.5.